The molecule has 2 atom stereocenters. The number of carbonyl (C=O) groups excluding carboxylic acids is 1. The minimum atomic E-state index is -0.822. The van der Waals surface area contributed by atoms with Gasteiger partial charge in [-0.3, -0.25) is 9.59 Å². The molecule has 0 aliphatic rings. The molecule has 0 saturated heterocycles. The van der Waals surface area contributed by atoms with E-state index in [0.717, 1.165) is 5.56 Å². The van der Waals surface area contributed by atoms with Crippen molar-refractivity contribution in [3.8, 4) is 0 Å². The first kappa shape index (κ1) is 14.2. The van der Waals surface area contributed by atoms with Gasteiger partial charge in [-0.2, -0.15) is 0 Å². The second-order valence-corrected chi connectivity index (χ2v) is 4.40. The van der Waals surface area contributed by atoms with E-state index in [1.165, 1.54) is 0 Å². The third kappa shape index (κ3) is 4.18. The Hall–Kier alpha value is -1.88. The second-order valence-electron chi connectivity index (χ2n) is 4.40. The summed E-state index contributed by atoms with van der Waals surface area (Å²) in [5.41, 5.74) is 7.02. The van der Waals surface area contributed by atoms with Gasteiger partial charge in [0.25, 0.3) is 0 Å². The lowest BCUT2D eigenvalue weighted by Crippen LogP contribution is -2.32. The summed E-state index contributed by atoms with van der Waals surface area (Å²) in [6.07, 6.45) is 0.0888. The maximum absolute atomic E-state index is 11.4. The first-order valence-corrected chi connectivity index (χ1v) is 5.78. The van der Waals surface area contributed by atoms with Gasteiger partial charge in [-0.05, 0) is 30.5 Å². The highest BCUT2D eigenvalue weighted by molar-refractivity contribution is 5.94. The smallest absolute Gasteiger partial charge is 0.303 e. The van der Waals surface area contributed by atoms with Crippen molar-refractivity contribution in [1.82, 2.24) is 0 Å². The monoisotopic (exact) mass is 250 g/mol. The van der Waals surface area contributed by atoms with E-state index in [-0.39, 0.29) is 18.2 Å². The summed E-state index contributed by atoms with van der Waals surface area (Å²) in [5, 5.41) is 11.4. The third-order valence-corrected chi connectivity index (χ3v) is 2.64. The fraction of sp³-hybridized carbons (Fsp3) is 0.385. The first-order valence-electron chi connectivity index (χ1n) is 5.78. The molecule has 0 bridgehead atoms. The van der Waals surface area contributed by atoms with Crippen LogP contribution in [-0.2, 0) is 9.59 Å². The Labute approximate surface area is 106 Å². The molecular formula is C13H18N2O3. The molecule has 4 N–H and O–H groups in total. The summed E-state index contributed by atoms with van der Waals surface area (Å²) in [4.78, 5) is 22.0. The van der Waals surface area contributed by atoms with E-state index in [4.69, 9.17) is 10.8 Å². The Balaban J connectivity index is 2.68. The van der Waals surface area contributed by atoms with Crippen molar-refractivity contribution >= 4 is 17.6 Å². The molecule has 0 aliphatic heterocycles. The van der Waals surface area contributed by atoms with Crippen LogP contribution in [0.4, 0.5) is 5.69 Å². The minimum absolute atomic E-state index is 0.0549. The van der Waals surface area contributed by atoms with Gasteiger partial charge in [-0.1, -0.05) is 19.1 Å². The number of hydrogen-bond acceptors (Lipinski definition) is 3. The van der Waals surface area contributed by atoms with Crippen LogP contribution in [-0.4, -0.2) is 23.0 Å². The zero-order chi connectivity index (χ0) is 13.7. The van der Waals surface area contributed by atoms with Crippen LogP contribution in [0.15, 0.2) is 24.3 Å². The molecule has 1 unspecified atom stereocenters. The summed E-state index contributed by atoms with van der Waals surface area (Å²) >= 11 is 0. The third-order valence-electron chi connectivity index (χ3n) is 2.64. The number of carboxylic acid groups (broad SMARTS) is 1. The predicted octanol–water partition coefficient (Wildman–Crippen LogP) is 1.55. The number of aliphatic carboxylic acids is 1. The maximum atomic E-state index is 11.4. The number of amides is 1. The van der Waals surface area contributed by atoms with Gasteiger partial charge >= 0.3 is 5.97 Å². The molecule has 0 heterocycles. The maximum Gasteiger partial charge on any atom is 0.303 e. The number of benzene rings is 1. The zero-order valence-electron chi connectivity index (χ0n) is 10.5. The van der Waals surface area contributed by atoms with E-state index in [1.807, 2.05) is 19.1 Å². The molecule has 18 heavy (non-hydrogen) atoms. The zero-order valence-corrected chi connectivity index (χ0v) is 10.5. The highest BCUT2D eigenvalue weighted by Gasteiger charge is 2.11. The molecular weight excluding hydrogens is 232 g/mol. The Morgan fingerprint density at radius 2 is 1.83 bits per heavy atom. The van der Waals surface area contributed by atoms with Crippen LogP contribution in [0.3, 0.4) is 0 Å². The number of anilines is 1. The predicted molar refractivity (Wildman–Crippen MR) is 69.4 cm³/mol. The standard InChI is InChI=1S/C13H18N2O3/c1-8(7-12(16)17)10-3-5-11(6-4-10)15-13(18)9(2)14/h3-6,8-9H,7,14H2,1-2H3,(H,15,18)(H,16,17)/t8?,9-/m1/s1. The molecule has 0 saturated carbocycles. The number of carboxylic acids is 1. The normalized spacial score (nSPS) is 13.7. The largest absolute Gasteiger partial charge is 0.481 e. The molecule has 5 heteroatoms. The lowest BCUT2D eigenvalue weighted by molar-refractivity contribution is -0.137. The van der Waals surface area contributed by atoms with Gasteiger partial charge in [0.2, 0.25) is 5.91 Å². The van der Waals surface area contributed by atoms with Crippen molar-refractivity contribution in [2.45, 2.75) is 32.2 Å². The Morgan fingerprint density at radius 1 is 1.28 bits per heavy atom. The highest BCUT2D eigenvalue weighted by atomic mass is 16.4. The van der Waals surface area contributed by atoms with E-state index in [0.29, 0.717) is 5.69 Å². The SMILES string of the molecule is CC(CC(=O)O)c1ccc(NC(=O)[C@@H](C)N)cc1. The van der Waals surface area contributed by atoms with E-state index in [9.17, 15) is 9.59 Å². The number of carbonyl (C=O) groups is 2. The molecule has 0 fully saturated rings. The summed E-state index contributed by atoms with van der Waals surface area (Å²) in [6, 6.07) is 6.55. The van der Waals surface area contributed by atoms with Crippen molar-refractivity contribution in [2.75, 3.05) is 5.32 Å². The van der Waals surface area contributed by atoms with Crippen molar-refractivity contribution in [3.63, 3.8) is 0 Å². The van der Waals surface area contributed by atoms with Crippen molar-refractivity contribution in [2.24, 2.45) is 5.73 Å². The van der Waals surface area contributed by atoms with E-state index in [2.05, 4.69) is 5.32 Å². The van der Waals surface area contributed by atoms with Gasteiger partial charge in [0.05, 0.1) is 12.5 Å². The molecule has 0 spiro atoms. The van der Waals surface area contributed by atoms with Crippen LogP contribution >= 0.6 is 0 Å². The van der Waals surface area contributed by atoms with Crippen LogP contribution in [0.25, 0.3) is 0 Å². The quantitative estimate of drug-likeness (QED) is 0.739. The first-order chi connectivity index (χ1) is 8.40. The molecule has 1 amide bonds. The molecule has 5 nitrogen and oxygen atoms in total. The molecule has 1 rings (SSSR count). The topological polar surface area (TPSA) is 92.4 Å². The fourth-order valence-corrected chi connectivity index (χ4v) is 1.53. The summed E-state index contributed by atoms with van der Waals surface area (Å²) in [7, 11) is 0. The average molecular weight is 250 g/mol. The summed E-state index contributed by atoms with van der Waals surface area (Å²) in [5.74, 6) is -1.13. The Bertz CT molecular complexity index is 426. The fourth-order valence-electron chi connectivity index (χ4n) is 1.53. The minimum Gasteiger partial charge on any atom is -0.481 e. The Morgan fingerprint density at radius 3 is 2.28 bits per heavy atom. The van der Waals surface area contributed by atoms with Gasteiger partial charge in [-0.15, -0.1) is 0 Å². The van der Waals surface area contributed by atoms with E-state index < -0.39 is 12.0 Å². The van der Waals surface area contributed by atoms with Gasteiger partial charge in [-0.25, -0.2) is 0 Å². The van der Waals surface area contributed by atoms with Gasteiger partial charge in [0.15, 0.2) is 0 Å². The highest BCUT2D eigenvalue weighted by Crippen LogP contribution is 2.20. The number of nitrogens with one attached hydrogen (secondary N) is 1. The van der Waals surface area contributed by atoms with Crippen molar-refractivity contribution in [3.05, 3.63) is 29.8 Å². The van der Waals surface area contributed by atoms with Gasteiger partial charge in [0, 0.05) is 5.69 Å². The summed E-state index contributed by atoms with van der Waals surface area (Å²) in [6.45, 7) is 3.46. The molecule has 98 valence electrons. The number of nitrogens with two attached hydrogens (primary N) is 1. The van der Waals surface area contributed by atoms with Gasteiger partial charge < -0.3 is 16.2 Å². The lowest BCUT2D eigenvalue weighted by Gasteiger charge is -2.11. The van der Waals surface area contributed by atoms with Crippen molar-refractivity contribution < 1.29 is 14.7 Å². The Kier molecular flexibility index (Phi) is 4.85. The molecule has 1 aromatic rings. The van der Waals surface area contributed by atoms with Crippen LogP contribution in [0.1, 0.15) is 31.7 Å². The second kappa shape index (κ2) is 6.16. The number of rotatable bonds is 5. The molecule has 0 aliphatic carbocycles. The average Bonchev–Trinajstić information content (AvgIpc) is 2.28. The molecule has 1 aromatic carbocycles. The van der Waals surface area contributed by atoms with Crippen LogP contribution in [0.5, 0.6) is 0 Å². The number of hydrogen-bond donors (Lipinski definition) is 3. The van der Waals surface area contributed by atoms with E-state index in [1.54, 1.807) is 19.1 Å². The molecule has 0 aromatic heterocycles. The van der Waals surface area contributed by atoms with Crippen LogP contribution < -0.4 is 11.1 Å². The summed E-state index contributed by atoms with van der Waals surface area (Å²) < 4.78 is 0. The lowest BCUT2D eigenvalue weighted by atomic mass is 9.98. The van der Waals surface area contributed by atoms with Crippen LogP contribution in [0.2, 0.25) is 0 Å². The molecule has 0 radical (unpaired) electrons. The van der Waals surface area contributed by atoms with Crippen LogP contribution in [0, 0.1) is 0 Å². The van der Waals surface area contributed by atoms with E-state index >= 15 is 0 Å². The van der Waals surface area contributed by atoms with Crippen molar-refractivity contribution in [1.29, 1.82) is 0 Å². The van der Waals surface area contributed by atoms with Gasteiger partial charge in [0.1, 0.15) is 0 Å².